The number of fused-ring (bicyclic) bond motifs is 2. The van der Waals surface area contributed by atoms with Crippen LogP contribution >= 0.6 is 0 Å². The summed E-state index contributed by atoms with van der Waals surface area (Å²) in [5.41, 5.74) is 5.43. The molecule has 4 rings (SSSR count). The van der Waals surface area contributed by atoms with Crippen molar-refractivity contribution in [2.24, 2.45) is 0 Å². The molecule has 2 aliphatic heterocycles. The van der Waals surface area contributed by atoms with E-state index in [2.05, 4.69) is 46.6 Å². The minimum Gasteiger partial charge on any atom is -0.310 e. The molecule has 2 aromatic heterocycles. The van der Waals surface area contributed by atoms with Crippen molar-refractivity contribution < 1.29 is 0 Å². The highest BCUT2D eigenvalue weighted by atomic mass is 14.9. The van der Waals surface area contributed by atoms with Crippen LogP contribution in [0.3, 0.4) is 0 Å². The van der Waals surface area contributed by atoms with Crippen LogP contribution in [0.5, 0.6) is 0 Å². The molecule has 2 aliphatic rings. The summed E-state index contributed by atoms with van der Waals surface area (Å²) in [5, 5.41) is 6.81. The zero-order valence-corrected chi connectivity index (χ0v) is 15.3. The fraction of sp³-hybridized carbons (Fsp3) is 0.500. The van der Waals surface area contributed by atoms with E-state index in [1.807, 2.05) is 38.5 Å². The Morgan fingerprint density at radius 3 is 2.33 bits per heavy atom. The highest BCUT2D eigenvalue weighted by molar-refractivity contribution is 5.28. The van der Waals surface area contributed by atoms with Gasteiger partial charge in [-0.2, -0.15) is 0 Å². The van der Waals surface area contributed by atoms with Crippen molar-refractivity contribution in [3.8, 4) is 0 Å². The van der Waals surface area contributed by atoms with Crippen LogP contribution in [0.1, 0.15) is 62.2 Å². The molecule has 2 atom stereocenters. The number of nitrogens with one attached hydrogen (secondary N) is 2. The number of hydrogen-bond donors (Lipinski definition) is 2. The van der Waals surface area contributed by atoms with Gasteiger partial charge in [-0.15, -0.1) is 0 Å². The first kappa shape index (κ1) is 18.6. The summed E-state index contributed by atoms with van der Waals surface area (Å²) in [5.74, 6) is 0. The van der Waals surface area contributed by atoms with Gasteiger partial charge in [0.25, 0.3) is 0 Å². The van der Waals surface area contributed by atoms with Gasteiger partial charge in [0.15, 0.2) is 0 Å². The van der Waals surface area contributed by atoms with Crippen molar-refractivity contribution in [2.45, 2.75) is 52.6 Å². The summed E-state index contributed by atoms with van der Waals surface area (Å²) in [6.45, 7) is 10.5. The number of pyridine rings is 2. The molecule has 0 saturated heterocycles. The first-order chi connectivity index (χ1) is 11.8. The van der Waals surface area contributed by atoms with Crippen LogP contribution in [0.4, 0.5) is 0 Å². The molecule has 130 valence electrons. The van der Waals surface area contributed by atoms with Gasteiger partial charge < -0.3 is 10.6 Å². The molecule has 0 fully saturated rings. The maximum Gasteiger partial charge on any atom is 0.0463 e. The van der Waals surface area contributed by atoms with E-state index in [9.17, 15) is 0 Å². The zero-order valence-electron chi connectivity index (χ0n) is 15.3. The molecule has 0 bridgehead atoms. The van der Waals surface area contributed by atoms with Crippen molar-refractivity contribution in [3.05, 3.63) is 59.2 Å². The number of nitrogens with zero attached hydrogens (tertiary/aromatic N) is 2. The molecular formula is C20H30N4. The van der Waals surface area contributed by atoms with E-state index < -0.39 is 0 Å². The van der Waals surface area contributed by atoms with Crippen molar-refractivity contribution >= 4 is 0 Å². The van der Waals surface area contributed by atoms with Gasteiger partial charge in [-0.3, -0.25) is 9.97 Å². The zero-order chi connectivity index (χ0) is 17.4. The van der Waals surface area contributed by atoms with E-state index in [4.69, 9.17) is 0 Å². The van der Waals surface area contributed by atoms with Gasteiger partial charge in [0.05, 0.1) is 0 Å². The maximum absolute atomic E-state index is 4.33. The van der Waals surface area contributed by atoms with Gasteiger partial charge in [0, 0.05) is 49.3 Å². The molecule has 0 aromatic carbocycles. The van der Waals surface area contributed by atoms with Crippen LogP contribution in [-0.2, 0) is 12.8 Å². The summed E-state index contributed by atoms with van der Waals surface area (Å²) < 4.78 is 0. The van der Waals surface area contributed by atoms with Gasteiger partial charge in [-0.05, 0) is 55.6 Å². The Hall–Kier alpha value is -1.78. The molecule has 0 radical (unpaired) electrons. The van der Waals surface area contributed by atoms with E-state index in [1.165, 1.54) is 22.4 Å². The van der Waals surface area contributed by atoms with Gasteiger partial charge >= 0.3 is 0 Å². The van der Waals surface area contributed by atoms with E-state index in [1.54, 1.807) is 0 Å². The average molecular weight is 326 g/mol. The molecule has 0 saturated carbocycles. The molecule has 0 spiro atoms. The predicted octanol–water partition coefficient (Wildman–Crippen LogP) is 3.60. The summed E-state index contributed by atoms with van der Waals surface area (Å²) in [6, 6.07) is 7.24. The Balaban J connectivity index is 0.000000158. The topological polar surface area (TPSA) is 49.8 Å². The molecule has 2 aromatic rings. The summed E-state index contributed by atoms with van der Waals surface area (Å²) in [6.07, 6.45) is 7.90. The number of aromatic nitrogens is 2. The molecule has 4 heteroatoms. The Labute approximate surface area is 146 Å². The minimum absolute atomic E-state index is 0.479. The van der Waals surface area contributed by atoms with E-state index in [0.717, 1.165) is 25.9 Å². The predicted molar refractivity (Wildman–Crippen MR) is 100 cm³/mol. The number of hydrogen-bond acceptors (Lipinski definition) is 4. The summed E-state index contributed by atoms with van der Waals surface area (Å²) in [7, 11) is 0. The quantitative estimate of drug-likeness (QED) is 0.776. The van der Waals surface area contributed by atoms with Crippen molar-refractivity contribution in [1.29, 1.82) is 0 Å². The fourth-order valence-electron chi connectivity index (χ4n) is 3.17. The smallest absolute Gasteiger partial charge is 0.0463 e. The second-order valence-corrected chi connectivity index (χ2v) is 5.97. The molecule has 4 nitrogen and oxygen atoms in total. The highest BCUT2D eigenvalue weighted by Crippen LogP contribution is 2.20. The SMILES string of the molecule is CC.CC1NCCc2cnccc21.CC1NCCc2ncccc21. The second kappa shape index (κ2) is 9.50. The molecule has 0 amide bonds. The summed E-state index contributed by atoms with van der Waals surface area (Å²) in [4.78, 5) is 8.43. The lowest BCUT2D eigenvalue weighted by Gasteiger charge is -2.22. The molecule has 24 heavy (non-hydrogen) atoms. The van der Waals surface area contributed by atoms with Gasteiger partial charge in [0.2, 0.25) is 0 Å². The van der Waals surface area contributed by atoms with Crippen LogP contribution in [0.15, 0.2) is 36.8 Å². The first-order valence-corrected chi connectivity index (χ1v) is 9.09. The monoisotopic (exact) mass is 326 g/mol. The molecule has 0 aliphatic carbocycles. The largest absolute Gasteiger partial charge is 0.310 e. The summed E-state index contributed by atoms with van der Waals surface area (Å²) >= 11 is 0. The van der Waals surface area contributed by atoms with Crippen molar-refractivity contribution in [3.63, 3.8) is 0 Å². The van der Waals surface area contributed by atoms with Gasteiger partial charge in [-0.1, -0.05) is 19.9 Å². The van der Waals surface area contributed by atoms with E-state index in [-0.39, 0.29) is 0 Å². The third-order valence-corrected chi connectivity index (χ3v) is 4.46. The highest BCUT2D eigenvalue weighted by Gasteiger charge is 2.15. The Morgan fingerprint density at radius 1 is 0.917 bits per heavy atom. The first-order valence-electron chi connectivity index (χ1n) is 9.09. The standard InChI is InChI=1S/2C9H12N2.C2H6/c1-7-9-3-4-10-6-8(9)2-5-11-7;1-7-8-3-2-5-11-9(8)4-6-10-7;1-2/h3-4,6-7,11H,2,5H2,1H3;2-3,5,7,10H,4,6H2,1H3;1-2H3. The lowest BCUT2D eigenvalue weighted by molar-refractivity contribution is 0.532. The van der Waals surface area contributed by atoms with Crippen LogP contribution in [0.25, 0.3) is 0 Å². The third kappa shape index (κ3) is 4.62. The van der Waals surface area contributed by atoms with Crippen LogP contribution in [0.2, 0.25) is 0 Å². The Bertz CT molecular complexity index is 571. The normalized spacial score (nSPS) is 21.2. The lowest BCUT2D eigenvalue weighted by atomic mass is 9.98. The minimum atomic E-state index is 0.479. The molecular weight excluding hydrogens is 296 g/mol. The van der Waals surface area contributed by atoms with Gasteiger partial charge in [0.1, 0.15) is 0 Å². The van der Waals surface area contributed by atoms with Gasteiger partial charge in [-0.25, -0.2) is 0 Å². The van der Waals surface area contributed by atoms with Crippen LogP contribution in [-0.4, -0.2) is 23.1 Å². The second-order valence-electron chi connectivity index (χ2n) is 5.97. The lowest BCUT2D eigenvalue weighted by Crippen LogP contribution is -2.28. The molecule has 2 N–H and O–H groups in total. The molecule has 2 unspecified atom stereocenters. The Kier molecular flexibility index (Phi) is 7.35. The molecule has 4 heterocycles. The number of rotatable bonds is 0. The van der Waals surface area contributed by atoms with Crippen molar-refractivity contribution in [1.82, 2.24) is 20.6 Å². The van der Waals surface area contributed by atoms with E-state index >= 15 is 0 Å². The average Bonchev–Trinajstić information content (AvgIpc) is 2.65. The maximum atomic E-state index is 4.33. The van der Waals surface area contributed by atoms with Crippen LogP contribution < -0.4 is 10.6 Å². The fourth-order valence-corrected chi connectivity index (χ4v) is 3.17. The van der Waals surface area contributed by atoms with E-state index in [0.29, 0.717) is 12.1 Å². The third-order valence-electron chi connectivity index (χ3n) is 4.46. The van der Waals surface area contributed by atoms with Crippen LogP contribution in [0, 0.1) is 0 Å². The Morgan fingerprint density at radius 2 is 1.62 bits per heavy atom. The van der Waals surface area contributed by atoms with Crippen molar-refractivity contribution in [2.75, 3.05) is 13.1 Å².